The van der Waals surface area contributed by atoms with Gasteiger partial charge in [-0.05, 0) is 48.6 Å². The Hall–Kier alpha value is -3.17. The highest BCUT2D eigenvalue weighted by atomic mass is 16.3. The molecule has 0 saturated carbocycles. The lowest BCUT2D eigenvalue weighted by molar-refractivity contribution is 0.102. The fourth-order valence-corrected chi connectivity index (χ4v) is 3.94. The summed E-state index contributed by atoms with van der Waals surface area (Å²) in [6.45, 7) is 9.16. The van der Waals surface area contributed by atoms with Gasteiger partial charge in [0.25, 0.3) is 5.91 Å². The van der Waals surface area contributed by atoms with Crippen LogP contribution in [0.1, 0.15) is 48.4 Å². The van der Waals surface area contributed by atoms with Crippen LogP contribution in [0.5, 0.6) is 0 Å². The van der Waals surface area contributed by atoms with Crippen LogP contribution in [-0.4, -0.2) is 60.3 Å². The zero-order valence-corrected chi connectivity index (χ0v) is 18.7. The number of nitrogens with zero attached hydrogens (tertiary/aromatic N) is 6. The van der Waals surface area contributed by atoms with Gasteiger partial charge >= 0.3 is 0 Å². The summed E-state index contributed by atoms with van der Waals surface area (Å²) in [5, 5.41) is 20.3. The Balaban J connectivity index is 1.51. The maximum atomic E-state index is 12.9. The van der Waals surface area contributed by atoms with Gasteiger partial charge in [-0.2, -0.15) is 0 Å². The molecule has 4 rings (SSSR count). The molecule has 1 amide bonds. The molecule has 9 nitrogen and oxygen atoms in total. The van der Waals surface area contributed by atoms with E-state index in [1.807, 2.05) is 19.2 Å². The molecule has 1 atom stereocenters. The van der Waals surface area contributed by atoms with Crippen molar-refractivity contribution in [2.45, 2.75) is 39.8 Å². The number of carbonyl (C=O) groups excluding carboxylic acids is 1. The Kier molecular flexibility index (Phi) is 6.57. The first-order valence-electron chi connectivity index (χ1n) is 10.9. The summed E-state index contributed by atoms with van der Waals surface area (Å²) < 4.78 is 1.75. The number of carbonyl (C=O) groups is 1. The Bertz CT molecular complexity index is 1100. The topological polar surface area (TPSA) is 109 Å². The molecule has 1 aliphatic rings. The predicted molar refractivity (Wildman–Crippen MR) is 121 cm³/mol. The first kappa shape index (κ1) is 22.0. The number of hydrogen-bond acceptors (Lipinski definition) is 7. The molecule has 1 aliphatic heterocycles. The number of pyridine rings is 2. The van der Waals surface area contributed by atoms with Gasteiger partial charge in [-0.3, -0.25) is 14.7 Å². The van der Waals surface area contributed by atoms with Crippen LogP contribution >= 0.6 is 0 Å². The van der Waals surface area contributed by atoms with E-state index in [0.29, 0.717) is 28.9 Å². The van der Waals surface area contributed by atoms with Crippen LogP contribution in [0, 0.1) is 5.92 Å². The van der Waals surface area contributed by atoms with Gasteiger partial charge in [-0.1, -0.05) is 19.9 Å². The number of amides is 1. The first-order chi connectivity index (χ1) is 15.4. The van der Waals surface area contributed by atoms with Crippen LogP contribution < -0.4 is 5.32 Å². The Morgan fingerprint density at radius 3 is 2.88 bits per heavy atom. The minimum absolute atomic E-state index is 0.0416. The summed E-state index contributed by atoms with van der Waals surface area (Å²) in [4.78, 5) is 24.2. The summed E-state index contributed by atoms with van der Waals surface area (Å²) in [6.07, 6.45) is 4.33. The molecular weight excluding hydrogens is 406 g/mol. The summed E-state index contributed by atoms with van der Waals surface area (Å²) in [5.41, 5.74) is 3.30. The minimum Gasteiger partial charge on any atom is -0.394 e. The number of aliphatic hydroxyl groups excluding tert-OH is 1. The number of nitrogens with one attached hydrogen (secondary N) is 1. The maximum Gasteiger partial charge on any atom is 0.275 e. The average molecular weight is 436 g/mol. The lowest BCUT2D eigenvalue weighted by Crippen LogP contribution is -2.33. The van der Waals surface area contributed by atoms with E-state index in [9.17, 15) is 9.90 Å². The highest BCUT2D eigenvalue weighted by Crippen LogP contribution is 2.22. The highest BCUT2D eigenvalue weighted by molar-refractivity contribution is 6.02. The Labute approximate surface area is 187 Å². The van der Waals surface area contributed by atoms with E-state index in [4.69, 9.17) is 0 Å². The van der Waals surface area contributed by atoms with Crippen LogP contribution in [0.25, 0.3) is 11.5 Å². The van der Waals surface area contributed by atoms with Gasteiger partial charge in [-0.15, -0.1) is 10.2 Å². The third kappa shape index (κ3) is 4.84. The first-order valence-corrected chi connectivity index (χ1v) is 10.9. The largest absolute Gasteiger partial charge is 0.394 e. The van der Waals surface area contributed by atoms with Crippen LogP contribution in [0.4, 0.5) is 5.82 Å². The quantitative estimate of drug-likeness (QED) is 0.587. The van der Waals surface area contributed by atoms with Gasteiger partial charge in [0.2, 0.25) is 0 Å². The summed E-state index contributed by atoms with van der Waals surface area (Å²) in [7, 11) is 0. The molecule has 4 heterocycles. The number of rotatable bonds is 7. The van der Waals surface area contributed by atoms with E-state index in [-0.39, 0.29) is 18.6 Å². The second-order valence-corrected chi connectivity index (χ2v) is 8.67. The third-order valence-corrected chi connectivity index (χ3v) is 5.56. The van der Waals surface area contributed by atoms with Crippen molar-refractivity contribution in [3.63, 3.8) is 0 Å². The number of fused-ring (bicyclic) bond motifs is 1. The van der Waals surface area contributed by atoms with E-state index in [0.717, 1.165) is 31.6 Å². The van der Waals surface area contributed by atoms with Gasteiger partial charge in [0.1, 0.15) is 23.5 Å². The molecule has 3 aromatic heterocycles. The predicted octanol–water partition coefficient (Wildman–Crippen LogP) is 2.55. The molecule has 0 fully saturated rings. The number of aliphatic hydroxyl groups is 1. The molecule has 32 heavy (non-hydrogen) atoms. The van der Waals surface area contributed by atoms with Gasteiger partial charge in [0, 0.05) is 25.8 Å². The molecule has 0 aromatic carbocycles. The highest BCUT2D eigenvalue weighted by Gasteiger charge is 2.20. The lowest BCUT2D eigenvalue weighted by Gasteiger charge is -2.30. The molecule has 0 radical (unpaired) electrons. The maximum absolute atomic E-state index is 12.9. The van der Waals surface area contributed by atoms with Crippen molar-refractivity contribution in [3.05, 3.63) is 53.6 Å². The number of anilines is 1. The van der Waals surface area contributed by atoms with Gasteiger partial charge in [-0.25, -0.2) is 4.98 Å². The van der Waals surface area contributed by atoms with Crippen LogP contribution in [0.3, 0.4) is 0 Å². The minimum atomic E-state index is -0.302. The molecule has 168 valence electrons. The van der Waals surface area contributed by atoms with Gasteiger partial charge in [0.15, 0.2) is 5.82 Å². The molecule has 0 saturated heterocycles. The van der Waals surface area contributed by atoms with Crippen LogP contribution in [0.2, 0.25) is 0 Å². The van der Waals surface area contributed by atoms with Crippen molar-refractivity contribution >= 4 is 11.7 Å². The SMILES string of the molecule is CC(C)CN1CCc2cnc(C(=O)Nc3cccc(-c4nncn4C(C)CO)n3)cc2C1. The zero-order valence-electron chi connectivity index (χ0n) is 18.7. The summed E-state index contributed by atoms with van der Waals surface area (Å²) in [6, 6.07) is 7.02. The average Bonchev–Trinajstić information content (AvgIpc) is 3.28. The molecule has 0 spiro atoms. The van der Waals surface area contributed by atoms with Crippen molar-refractivity contribution in [1.82, 2.24) is 29.6 Å². The van der Waals surface area contributed by atoms with Crippen molar-refractivity contribution in [3.8, 4) is 11.5 Å². The van der Waals surface area contributed by atoms with Gasteiger partial charge in [0.05, 0.1) is 12.6 Å². The van der Waals surface area contributed by atoms with Gasteiger partial charge < -0.3 is 15.0 Å². The molecule has 2 N–H and O–H groups in total. The van der Waals surface area contributed by atoms with E-state index in [2.05, 4.69) is 44.2 Å². The van der Waals surface area contributed by atoms with Crippen molar-refractivity contribution < 1.29 is 9.90 Å². The smallest absolute Gasteiger partial charge is 0.275 e. The van der Waals surface area contributed by atoms with Crippen molar-refractivity contribution in [1.29, 1.82) is 0 Å². The molecule has 0 bridgehead atoms. The molecular formula is C23H29N7O2. The number of hydrogen-bond donors (Lipinski definition) is 2. The van der Waals surface area contributed by atoms with E-state index in [1.54, 1.807) is 29.1 Å². The molecule has 3 aromatic rings. The zero-order chi connectivity index (χ0) is 22.7. The molecule has 9 heteroatoms. The Morgan fingerprint density at radius 2 is 2.09 bits per heavy atom. The Morgan fingerprint density at radius 1 is 1.25 bits per heavy atom. The third-order valence-electron chi connectivity index (χ3n) is 5.56. The standard InChI is InChI=1S/C23H29N7O2/c1-15(2)11-29-8-7-17-10-24-20(9-18(17)12-29)23(32)27-21-6-4-5-19(26-21)22-28-25-14-30(22)16(3)13-31/h4-6,9-10,14-16,31H,7-8,11-13H2,1-3H3,(H,26,27,32). The van der Waals surface area contributed by atoms with Crippen molar-refractivity contribution in [2.24, 2.45) is 5.92 Å². The molecule has 1 unspecified atom stereocenters. The number of aromatic nitrogens is 5. The lowest BCUT2D eigenvalue weighted by atomic mass is 10.00. The van der Waals surface area contributed by atoms with Crippen molar-refractivity contribution in [2.75, 3.05) is 25.0 Å². The second-order valence-electron chi connectivity index (χ2n) is 8.67. The second kappa shape index (κ2) is 9.54. The molecule has 0 aliphatic carbocycles. The normalized spacial score (nSPS) is 14.9. The fourth-order valence-electron chi connectivity index (χ4n) is 3.94. The van der Waals surface area contributed by atoms with E-state index >= 15 is 0 Å². The summed E-state index contributed by atoms with van der Waals surface area (Å²) >= 11 is 0. The van der Waals surface area contributed by atoms with E-state index in [1.165, 1.54) is 5.56 Å². The van der Waals surface area contributed by atoms with Crippen LogP contribution in [-0.2, 0) is 13.0 Å². The fraction of sp³-hybridized carbons (Fsp3) is 0.435. The monoisotopic (exact) mass is 435 g/mol. The van der Waals surface area contributed by atoms with Crippen LogP contribution in [0.15, 0.2) is 36.8 Å². The summed E-state index contributed by atoms with van der Waals surface area (Å²) in [5.74, 6) is 1.23. The van der Waals surface area contributed by atoms with E-state index < -0.39 is 0 Å².